The SMILES string of the molecule is O=C(O[C@H](Cc1cccc(C(F)(F)F)c1)C(=O)N1CCC(N2CCC(O)C2)CC1)N1CCC(N2CCC3=C=C=CC=C3NC2=O)CC1. The lowest BCUT2D eigenvalue weighted by Gasteiger charge is -2.39. The smallest absolute Gasteiger partial charge is 0.416 e. The van der Waals surface area contributed by atoms with E-state index >= 15 is 0 Å². The van der Waals surface area contributed by atoms with Crippen LogP contribution in [0.1, 0.15) is 49.7 Å². The lowest BCUT2D eigenvalue weighted by atomic mass is 10.0. The molecule has 1 aliphatic carbocycles. The molecule has 0 bridgehead atoms. The van der Waals surface area contributed by atoms with Crippen LogP contribution in [0.4, 0.5) is 22.8 Å². The molecule has 6 rings (SSSR count). The molecule has 2 N–H and O–H groups in total. The minimum Gasteiger partial charge on any atom is -0.436 e. The molecule has 252 valence electrons. The lowest BCUT2D eigenvalue weighted by molar-refractivity contribution is -0.142. The van der Waals surface area contributed by atoms with Crippen LogP contribution >= 0.6 is 0 Å². The number of hydrogen-bond acceptors (Lipinski definition) is 6. The van der Waals surface area contributed by atoms with Gasteiger partial charge in [-0.1, -0.05) is 29.7 Å². The van der Waals surface area contributed by atoms with Crippen LogP contribution in [-0.4, -0.2) is 113 Å². The van der Waals surface area contributed by atoms with Gasteiger partial charge in [-0.2, -0.15) is 13.2 Å². The molecule has 4 fully saturated rings. The monoisotopic (exact) mass is 655 g/mol. The Labute approximate surface area is 271 Å². The molecule has 4 amide bonds. The molecule has 1 unspecified atom stereocenters. The molecule has 1 aromatic rings. The zero-order valence-corrected chi connectivity index (χ0v) is 26.2. The van der Waals surface area contributed by atoms with E-state index in [2.05, 4.69) is 21.7 Å². The summed E-state index contributed by atoms with van der Waals surface area (Å²) in [7, 11) is 0. The number of piperidine rings is 2. The maximum atomic E-state index is 13.8. The Morgan fingerprint density at radius 3 is 2.43 bits per heavy atom. The van der Waals surface area contributed by atoms with Gasteiger partial charge in [0.05, 0.1) is 17.4 Å². The van der Waals surface area contributed by atoms with Crippen molar-refractivity contribution in [3.63, 3.8) is 0 Å². The first kappa shape index (κ1) is 32.9. The van der Waals surface area contributed by atoms with Crippen molar-refractivity contribution in [1.82, 2.24) is 24.9 Å². The number of carbonyl (C=O) groups is 3. The number of ether oxygens (including phenoxy) is 1. The number of hydrogen-bond donors (Lipinski definition) is 2. The quantitative estimate of drug-likeness (QED) is 0.452. The van der Waals surface area contributed by atoms with E-state index in [1.807, 2.05) is 0 Å². The van der Waals surface area contributed by atoms with Crippen LogP contribution < -0.4 is 5.32 Å². The number of aliphatic hydroxyl groups is 1. The van der Waals surface area contributed by atoms with E-state index in [1.54, 1.807) is 22.0 Å². The molecule has 10 nitrogen and oxygen atoms in total. The summed E-state index contributed by atoms with van der Waals surface area (Å²) in [6.45, 7) is 3.38. The van der Waals surface area contributed by atoms with E-state index in [-0.39, 0.29) is 36.2 Å². The fraction of sp³-hybridized carbons (Fsp3) is 0.559. The van der Waals surface area contributed by atoms with E-state index in [0.29, 0.717) is 77.1 Å². The van der Waals surface area contributed by atoms with Crippen molar-refractivity contribution >= 4 is 18.0 Å². The Bertz CT molecular complexity index is 1500. The summed E-state index contributed by atoms with van der Waals surface area (Å²) in [4.78, 5) is 47.4. The summed E-state index contributed by atoms with van der Waals surface area (Å²) in [6.07, 6.45) is 0.194. The number of allylic oxidation sites excluding steroid dienone is 3. The highest BCUT2D eigenvalue weighted by atomic mass is 19.4. The van der Waals surface area contributed by atoms with Gasteiger partial charge in [-0.25, -0.2) is 9.59 Å². The number of alkyl halides is 3. The van der Waals surface area contributed by atoms with Crippen molar-refractivity contribution in [2.45, 2.75) is 75.4 Å². The van der Waals surface area contributed by atoms with Gasteiger partial charge in [0.1, 0.15) is 0 Å². The van der Waals surface area contributed by atoms with Crippen molar-refractivity contribution in [2.75, 3.05) is 45.8 Å². The fourth-order valence-electron chi connectivity index (χ4n) is 7.18. The number of amides is 4. The Balaban J connectivity index is 1.09. The Morgan fingerprint density at radius 2 is 1.72 bits per heavy atom. The summed E-state index contributed by atoms with van der Waals surface area (Å²) in [5.41, 5.74) is 6.99. The van der Waals surface area contributed by atoms with Crippen LogP contribution in [0.15, 0.2) is 59.2 Å². The van der Waals surface area contributed by atoms with Crippen LogP contribution in [0, 0.1) is 0 Å². The predicted molar refractivity (Wildman–Crippen MR) is 165 cm³/mol. The molecule has 4 aliphatic heterocycles. The zero-order valence-electron chi connectivity index (χ0n) is 26.2. The second-order valence-corrected chi connectivity index (χ2v) is 12.9. The molecule has 5 aliphatic rings. The number of carbonyl (C=O) groups excluding carboxylic acids is 3. The number of likely N-dealkylation sites (tertiary alicyclic amines) is 3. The van der Waals surface area contributed by atoms with Crippen molar-refractivity contribution in [3.8, 4) is 0 Å². The Hall–Kier alpha value is -4.02. The van der Waals surface area contributed by atoms with Gasteiger partial charge < -0.3 is 29.9 Å². The highest BCUT2D eigenvalue weighted by Gasteiger charge is 2.38. The van der Waals surface area contributed by atoms with E-state index < -0.39 is 29.8 Å². The van der Waals surface area contributed by atoms with Crippen molar-refractivity contribution in [2.24, 2.45) is 0 Å². The lowest BCUT2D eigenvalue weighted by Crippen LogP contribution is -2.53. The van der Waals surface area contributed by atoms with E-state index in [9.17, 15) is 32.7 Å². The van der Waals surface area contributed by atoms with Crippen molar-refractivity contribution < 1.29 is 37.4 Å². The van der Waals surface area contributed by atoms with Gasteiger partial charge in [-0.3, -0.25) is 9.69 Å². The van der Waals surface area contributed by atoms with Gasteiger partial charge in [0.15, 0.2) is 6.10 Å². The van der Waals surface area contributed by atoms with E-state index in [4.69, 9.17) is 4.74 Å². The molecule has 0 aromatic heterocycles. The molecular weight excluding hydrogens is 615 g/mol. The summed E-state index contributed by atoms with van der Waals surface area (Å²) in [6, 6.07) is 4.68. The zero-order chi connectivity index (χ0) is 33.1. The third-order valence-electron chi connectivity index (χ3n) is 9.83. The van der Waals surface area contributed by atoms with Gasteiger partial charge in [-0.15, -0.1) is 0 Å². The largest absolute Gasteiger partial charge is 0.436 e. The minimum atomic E-state index is -4.55. The van der Waals surface area contributed by atoms with Gasteiger partial charge in [0.25, 0.3) is 5.91 Å². The molecule has 0 spiro atoms. The number of β-amino-alcohol motifs (C(OH)–C–C–N with tert-alkyl or cyclic N) is 1. The van der Waals surface area contributed by atoms with Gasteiger partial charge in [0, 0.05) is 76.3 Å². The van der Waals surface area contributed by atoms with Crippen LogP contribution in [-0.2, 0) is 22.1 Å². The fourth-order valence-corrected chi connectivity index (χ4v) is 7.18. The standard InChI is InChI=1S/C34H40F3N5O5/c35-34(36,37)25-6-3-4-23(20-25)21-30(31(44)39-14-9-26(10-15-39)41-18-13-28(43)22-41)47-33(46)40-16-11-27(12-17-40)42-19-8-24-5-1-2-7-29(24)38-32(42)45/h2-4,6-7,20,26-28,30,43H,8-19,21-22H2,(H,38,45)/t28?,30-/m1/s1. The van der Waals surface area contributed by atoms with Crippen molar-refractivity contribution in [1.29, 1.82) is 0 Å². The molecule has 1 aromatic carbocycles. The number of aliphatic hydroxyl groups excluding tert-OH is 1. The number of nitrogens with one attached hydrogen (secondary N) is 1. The molecule has 2 atom stereocenters. The number of nitrogens with zero attached hydrogens (tertiary/aromatic N) is 4. The summed E-state index contributed by atoms with van der Waals surface area (Å²) in [5.74, 6) is -0.430. The predicted octanol–water partition coefficient (Wildman–Crippen LogP) is 3.82. The molecule has 4 saturated heterocycles. The summed E-state index contributed by atoms with van der Waals surface area (Å²) < 4.78 is 46.2. The van der Waals surface area contributed by atoms with Crippen LogP contribution in [0.5, 0.6) is 0 Å². The summed E-state index contributed by atoms with van der Waals surface area (Å²) in [5, 5.41) is 12.9. The first-order chi connectivity index (χ1) is 22.5. The topological polar surface area (TPSA) is 106 Å². The summed E-state index contributed by atoms with van der Waals surface area (Å²) >= 11 is 0. The highest BCUT2D eigenvalue weighted by Crippen LogP contribution is 2.31. The number of urea groups is 1. The minimum absolute atomic E-state index is 0.0992. The average molecular weight is 656 g/mol. The number of benzene rings is 1. The van der Waals surface area contributed by atoms with Gasteiger partial charge in [-0.05, 0) is 55.9 Å². The third-order valence-corrected chi connectivity index (χ3v) is 9.83. The average Bonchev–Trinajstić information content (AvgIpc) is 3.43. The normalized spacial score (nSPS) is 23.5. The van der Waals surface area contributed by atoms with Gasteiger partial charge >= 0.3 is 18.3 Å². The Morgan fingerprint density at radius 1 is 1.00 bits per heavy atom. The maximum Gasteiger partial charge on any atom is 0.416 e. The molecule has 4 heterocycles. The highest BCUT2D eigenvalue weighted by molar-refractivity contribution is 5.84. The third kappa shape index (κ3) is 7.76. The second kappa shape index (κ2) is 14.0. The van der Waals surface area contributed by atoms with Crippen LogP contribution in [0.25, 0.3) is 0 Å². The molecule has 47 heavy (non-hydrogen) atoms. The molecule has 13 heteroatoms. The van der Waals surface area contributed by atoms with E-state index in [0.717, 1.165) is 30.7 Å². The second-order valence-electron chi connectivity index (χ2n) is 12.9. The molecule has 0 radical (unpaired) electrons. The Kier molecular flexibility index (Phi) is 9.80. The first-order valence-corrected chi connectivity index (χ1v) is 16.4. The first-order valence-electron chi connectivity index (χ1n) is 16.4. The maximum absolute atomic E-state index is 13.8. The van der Waals surface area contributed by atoms with E-state index in [1.165, 1.54) is 17.0 Å². The number of fused-ring (bicyclic) bond motifs is 1. The number of rotatable bonds is 6. The van der Waals surface area contributed by atoms with Crippen LogP contribution in [0.2, 0.25) is 0 Å². The van der Waals surface area contributed by atoms with Gasteiger partial charge in [0.2, 0.25) is 0 Å². The number of halogens is 3. The van der Waals surface area contributed by atoms with Crippen molar-refractivity contribution in [3.05, 3.63) is 70.3 Å². The van der Waals surface area contributed by atoms with Crippen LogP contribution in [0.3, 0.4) is 0 Å². The molecule has 0 saturated carbocycles. The molecular formula is C34H40F3N5O5.